The van der Waals surface area contributed by atoms with Crippen LogP contribution in [0.15, 0.2) is 18.2 Å². The second-order valence-corrected chi connectivity index (χ2v) is 4.97. The van der Waals surface area contributed by atoms with Gasteiger partial charge < -0.3 is 15.4 Å². The molecule has 0 spiro atoms. The Morgan fingerprint density at radius 1 is 1.50 bits per heavy atom. The van der Waals surface area contributed by atoms with Crippen molar-refractivity contribution in [3.63, 3.8) is 0 Å². The molecule has 1 saturated heterocycles. The molecular formula is C14H21FN2O. The molecule has 1 aliphatic heterocycles. The minimum absolute atomic E-state index is 0.219. The van der Waals surface area contributed by atoms with Gasteiger partial charge in [0.15, 0.2) is 0 Å². The third kappa shape index (κ3) is 2.65. The molecule has 2 atom stereocenters. The van der Waals surface area contributed by atoms with Gasteiger partial charge in [-0.1, -0.05) is 13.0 Å². The monoisotopic (exact) mass is 252 g/mol. The zero-order valence-electron chi connectivity index (χ0n) is 11.0. The van der Waals surface area contributed by atoms with Crippen LogP contribution in [0.25, 0.3) is 0 Å². The van der Waals surface area contributed by atoms with Gasteiger partial charge in [-0.3, -0.25) is 0 Å². The molecule has 1 heterocycles. The van der Waals surface area contributed by atoms with Gasteiger partial charge in [0.05, 0.1) is 6.10 Å². The molecule has 0 amide bonds. The van der Waals surface area contributed by atoms with Gasteiger partial charge in [0.1, 0.15) is 5.82 Å². The van der Waals surface area contributed by atoms with Gasteiger partial charge in [-0.25, -0.2) is 4.39 Å². The Hall–Kier alpha value is -1.13. The standard InChI is InChI=1S/C14H21FN2O/c1-10-5-6-17(9-14(10)18-2)12-4-3-11(8-16)13(15)7-12/h3-4,7,10,14H,5-6,8-9,16H2,1-2H3. The molecule has 2 N–H and O–H groups in total. The van der Waals surface area contributed by atoms with Crippen molar-refractivity contribution >= 4 is 5.69 Å². The molecule has 1 aromatic rings. The van der Waals surface area contributed by atoms with Crippen LogP contribution in [0.1, 0.15) is 18.9 Å². The predicted octanol–water partition coefficient (Wildman–Crippen LogP) is 2.15. The molecule has 3 nitrogen and oxygen atoms in total. The smallest absolute Gasteiger partial charge is 0.129 e. The van der Waals surface area contributed by atoms with E-state index in [2.05, 4.69) is 11.8 Å². The summed E-state index contributed by atoms with van der Waals surface area (Å²) in [6.07, 6.45) is 1.29. The Morgan fingerprint density at radius 3 is 2.89 bits per heavy atom. The fourth-order valence-electron chi connectivity index (χ4n) is 2.47. The van der Waals surface area contributed by atoms with Gasteiger partial charge in [-0.05, 0) is 24.5 Å². The lowest BCUT2D eigenvalue weighted by Gasteiger charge is -2.37. The Bertz CT molecular complexity index is 411. The number of piperidine rings is 1. The molecule has 2 unspecified atom stereocenters. The highest BCUT2D eigenvalue weighted by molar-refractivity contribution is 5.48. The summed E-state index contributed by atoms with van der Waals surface area (Å²) >= 11 is 0. The summed E-state index contributed by atoms with van der Waals surface area (Å²) < 4.78 is 19.2. The van der Waals surface area contributed by atoms with Gasteiger partial charge in [0.25, 0.3) is 0 Å². The number of hydrogen-bond donors (Lipinski definition) is 1. The third-order valence-electron chi connectivity index (χ3n) is 3.81. The molecular weight excluding hydrogens is 231 g/mol. The predicted molar refractivity (Wildman–Crippen MR) is 71.1 cm³/mol. The summed E-state index contributed by atoms with van der Waals surface area (Å²) in [4.78, 5) is 2.18. The van der Waals surface area contributed by atoms with Crippen LogP contribution in [0.2, 0.25) is 0 Å². The number of nitrogens with zero attached hydrogens (tertiary/aromatic N) is 1. The van der Waals surface area contributed by atoms with E-state index >= 15 is 0 Å². The molecule has 4 heteroatoms. The van der Waals surface area contributed by atoms with Crippen molar-refractivity contribution in [2.45, 2.75) is 26.0 Å². The van der Waals surface area contributed by atoms with Crippen molar-refractivity contribution < 1.29 is 9.13 Å². The fourth-order valence-corrected chi connectivity index (χ4v) is 2.47. The van der Waals surface area contributed by atoms with Crippen molar-refractivity contribution in [1.29, 1.82) is 0 Å². The van der Waals surface area contributed by atoms with E-state index in [0.29, 0.717) is 11.5 Å². The highest BCUT2D eigenvalue weighted by Crippen LogP contribution is 2.26. The maximum atomic E-state index is 13.7. The molecule has 1 aliphatic rings. The lowest BCUT2D eigenvalue weighted by Crippen LogP contribution is -2.44. The van der Waals surface area contributed by atoms with Crippen LogP contribution in [-0.2, 0) is 11.3 Å². The van der Waals surface area contributed by atoms with Gasteiger partial charge in [-0.2, -0.15) is 0 Å². The molecule has 0 aromatic heterocycles. The lowest BCUT2D eigenvalue weighted by atomic mass is 9.95. The topological polar surface area (TPSA) is 38.5 Å². The molecule has 1 aromatic carbocycles. The average molecular weight is 252 g/mol. The number of methoxy groups -OCH3 is 1. The SMILES string of the molecule is COC1CN(c2ccc(CN)c(F)c2)CCC1C. The summed E-state index contributed by atoms with van der Waals surface area (Å²) in [6.45, 7) is 4.20. The van der Waals surface area contributed by atoms with Gasteiger partial charge in [0.2, 0.25) is 0 Å². The van der Waals surface area contributed by atoms with E-state index < -0.39 is 0 Å². The highest BCUT2D eigenvalue weighted by atomic mass is 19.1. The first-order valence-corrected chi connectivity index (χ1v) is 6.42. The van der Waals surface area contributed by atoms with E-state index in [1.54, 1.807) is 19.2 Å². The highest BCUT2D eigenvalue weighted by Gasteiger charge is 2.26. The molecule has 0 aliphatic carbocycles. The molecule has 2 rings (SSSR count). The average Bonchev–Trinajstić information content (AvgIpc) is 2.39. The van der Waals surface area contributed by atoms with Crippen LogP contribution in [0, 0.1) is 11.7 Å². The van der Waals surface area contributed by atoms with Crippen LogP contribution in [0.5, 0.6) is 0 Å². The Morgan fingerprint density at radius 2 is 2.28 bits per heavy atom. The molecule has 0 radical (unpaired) electrons. The first-order chi connectivity index (χ1) is 8.65. The zero-order chi connectivity index (χ0) is 13.1. The van der Waals surface area contributed by atoms with E-state index in [-0.39, 0.29) is 18.5 Å². The van der Waals surface area contributed by atoms with Crippen LogP contribution >= 0.6 is 0 Å². The normalized spacial score (nSPS) is 24.3. The van der Waals surface area contributed by atoms with E-state index in [0.717, 1.165) is 25.2 Å². The van der Waals surface area contributed by atoms with Crippen molar-refractivity contribution in [1.82, 2.24) is 0 Å². The molecule has 0 bridgehead atoms. The molecule has 1 fully saturated rings. The molecule has 18 heavy (non-hydrogen) atoms. The maximum Gasteiger partial charge on any atom is 0.129 e. The molecule has 0 saturated carbocycles. The second-order valence-electron chi connectivity index (χ2n) is 4.97. The lowest BCUT2D eigenvalue weighted by molar-refractivity contribution is 0.0498. The Labute approximate surface area is 108 Å². The van der Waals surface area contributed by atoms with Crippen molar-refractivity contribution in [2.75, 3.05) is 25.1 Å². The first kappa shape index (κ1) is 13.3. The summed E-state index contributed by atoms with van der Waals surface area (Å²) in [5.74, 6) is 0.335. The van der Waals surface area contributed by atoms with Crippen LogP contribution in [0.4, 0.5) is 10.1 Å². The summed E-state index contributed by atoms with van der Waals surface area (Å²) in [7, 11) is 1.74. The van der Waals surface area contributed by atoms with E-state index in [4.69, 9.17) is 10.5 Å². The zero-order valence-corrected chi connectivity index (χ0v) is 11.0. The summed E-state index contributed by atoms with van der Waals surface area (Å²) in [6, 6.07) is 5.28. The van der Waals surface area contributed by atoms with Crippen molar-refractivity contribution in [2.24, 2.45) is 11.7 Å². The number of rotatable bonds is 3. The minimum Gasteiger partial charge on any atom is -0.379 e. The van der Waals surface area contributed by atoms with E-state index in [9.17, 15) is 4.39 Å². The second kappa shape index (κ2) is 5.67. The van der Waals surface area contributed by atoms with Gasteiger partial charge in [0, 0.05) is 38.0 Å². The number of nitrogens with two attached hydrogens (primary N) is 1. The fraction of sp³-hybridized carbons (Fsp3) is 0.571. The van der Waals surface area contributed by atoms with E-state index in [1.165, 1.54) is 0 Å². The number of benzene rings is 1. The molecule has 100 valence electrons. The largest absolute Gasteiger partial charge is 0.379 e. The Balaban J connectivity index is 2.14. The summed E-state index contributed by atoms with van der Waals surface area (Å²) in [5.41, 5.74) is 6.95. The van der Waals surface area contributed by atoms with Gasteiger partial charge >= 0.3 is 0 Å². The summed E-state index contributed by atoms with van der Waals surface area (Å²) in [5, 5.41) is 0. The maximum absolute atomic E-state index is 13.7. The number of ether oxygens (including phenoxy) is 1. The first-order valence-electron chi connectivity index (χ1n) is 6.42. The number of halogens is 1. The number of anilines is 1. The van der Waals surface area contributed by atoms with Crippen molar-refractivity contribution in [3.8, 4) is 0 Å². The van der Waals surface area contributed by atoms with Crippen LogP contribution in [0.3, 0.4) is 0 Å². The van der Waals surface area contributed by atoms with Crippen LogP contribution in [-0.4, -0.2) is 26.3 Å². The van der Waals surface area contributed by atoms with Gasteiger partial charge in [-0.15, -0.1) is 0 Å². The minimum atomic E-state index is -0.220. The van der Waals surface area contributed by atoms with E-state index in [1.807, 2.05) is 6.07 Å². The quantitative estimate of drug-likeness (QED) is 0.895. The number of hydrogen-bond acceptors (Lipinski definition) is 3. The van der Waals surface area contributed by atoms with Crippen LogP contribution < -0.4 is 10.6 Å². The third-order valence-corrected chi connectivity index (χ3v) is 3.81. The van der Waals surface area contributed by atoms with Crippen molar-refractivity contribution in [3.05, 3.63) is 29.6 Å². The Kier molecular flexibility index (Phi) is 4.19.